The number of rotatable bonds is 5. The van der Waals surface area contributed by atoms with E-state index in [1.54, 1.807) is 6.26 Å². The van der Waals surface area contributed by atoms with Gasteiger partial charge in [0, 0.05) is 5.69 Å². The number of anilines is 1. The number of nitrogens with two attached hydrogens (primary N) is 1. The molecule has 5 heteroatoms. The molecular formula is C17H24N4O. The lowest BCUT2D eigenvalue weighted by atomic mass is 10.1. The Hall–Kier alpha value is -2.27. The zero-order valence-corrected chi connectivity index (χ0v) is 13.6. The summed E-state index contributed by atoms with van der Waals surface area (Å²) in [5, 5.41) is 3.14. The average molecular weight is 300 g/mol. The number of aliphatic imine (C=N–C) groups is 1. The maximum absolute atomic E-state index is 6.00. The van der Waals surface area contributed by atoms with Crippen molar-refractivity contribution in [2.45, 2.75) is 19.9 Å². The molecule has 1 unspecified atom stereocenters. The van der Waals surface area contributed by atoms with Crippen LogP contribution in [0.2, 0.25) is 0 Å². The van der Waals surface area contributed by atoms with Gasteiger partial charge in [-0.05, 0) is 63.3 Å². The van der Waals surface area contributed by atoms with Crippen LogP contribution in [0.1, 0.15) is 22.9 Å². The second kappa shape index (κ2) is 7.13. The van der Waals surface area contributed by atoms with Crippen LogP contribution in [-0.2, 0) is 0 Å². The molecule has 3 N–H and O–H groups in total. The van der Waals surface area contributed by atoms with Gasteiger partial charge in [0.05, 0.1) is 18.8 Å². The molecule has 0 fully saturated rings. The van der Waals surface area contributed by atoms with Crippen LogP contribution in [0, 0.1) is 13.8 Å². The highest BCUT2D eigenvalue weighted by atomic mass is 16.3. The fourth-order valence-corrected chi connectivity index (χ4v) is 2.41. The zero-order chi connectivity index (χ0) is 16.1. The van der Waals surface area contributed by atoms with Crippen molar-refractivity contribution in [3.63, 3.8) is 0 Å². The van der Waals surface area contributed by atoms with E-state index in [0.717, 1.165) is 11.4 Å². The van der Waals surface area contributed by atoms with Gasteiger partial charge in [-0.15, -0.1) is 0 Å². The molecule has 0 saturated heterocycles. The predicted octanol–water partition coefficient (Wildman–Crippen LogP) is 2.93. The molecule has 1 heterocycles. The van der Waals surface area contributed by atoms with Crippen LogP contribution in [0.25, 0.3) is 0 Å². The molecule has 0 saturated carbocycles. The molecule has 1 atom stereocenters. The first-order valence-corrected chi connectivity index (χ1v) is 7.31. The molecule has 0 aliphatic rings. The Labute approximate surface area is 131 Å². The molecule has 0 amide bonds. The number of aryl methyl sites for hydroxylation is 2. The van der Waals surface area contributed by atoms with E-state index < -0.39 is 0 Å². The van der Waals surface area contributed by atoms with Crippen molar-refractivity contribution >= 4 is 11.6 Å². The van der Waals surface area contributed by atoms with E-state index >= 15 is 0 Å². The van der Waals surface area contributed by atoms with Crippen LogP contribution in [0.5, 0.6) is 0 Å². The van der Waals surface area contributed by atoms with Crippen molar-refractivity contribution in [3.05, 3.63) is 53.5 Å². The minimum Gasteiger partial charge on any atom is -0.468 e. The monoisotopic (exact) mass is 300 g/mol. The topological polar surface area (TPSA) is 66.8 Å². The quantitative estimate of drug-likeness (QED) is 0.658. The minimum atomic E-state index is 0.0644. The third-order valence-electron chi connectivity index (χ3n) is 3.42. The van der Waals surface area contributed by atoms with Crippen LogP contribution in [0.15, 0.2) is 46.0 Å². The van der Waals surface area contributed by atoms with Gasteiger partial charge in [-0.1, -0.05) is 6.07 Å². The van der Waals surface area contributed by atoms with Crippen molar-refractivity contribution in [2.24, 2.45) is 10.7 Å². The second-order valence-corrected chi connectivity index (χ2v) is 5.72. The lowest BCUT2D eigenvalue weighted by molar-refractivity contribution is 0.265. The summed E-state index contributed by atoms with van der Waals surface area (Å²) in [5.74, 6) is 1.29. The van der Waals surface area contributed by atoms with Crippen molar-refractivity contribution in [3.8, 4) is 0 Å². The molecule has 2 aromatic rings. The Morgan fingerprint density at radius 2 is 1.95 bits per heavy atom. The highest BCUT2D eigenvalue weighted by Crippen LogP contribution is 2.19. The van der Waals surface area contributed by atoms with Crippen LogP contribution in [0.3, 0.4) is 0 Å². The third-order valence-corrected chi connectivity index (χ3v) is 3.42. The Bertz CT molecular complexity index is 612. The van der Waals surface area contributed by atoms with Gasteiger partial charge >= 0.3 is 0 Å². The zero-order valence-electron chi connectivity index (χ0n) is 13.6. The fourth-order valence-electron chi connectivity index (χ4n) is 2.41. The minimum absolute atomic E-state index is 0.0644. The van der Waals surface area contributed by atoms with Gasteiger partial charge in [-0.2, -0.15) is 0 Å². The molecule has 0 aliphatic carbocycles. The van der Waals surface area contributed by atoms with Crippen LogP contribution in [-0.4, -0.2) is 31.5 Å². The maximum Gasteiger partial charge on any atom is 0.193 e. The van der Waals surface area contributed by atoms with Gasteiger partial charge in [-0.3, -0.25) is 9.89 Å². The molecule has 1 aromatic heterocycles. The molecule has 1 aromatic carbocycles. The molecule has 0 aliphatic heterocycles. The predicted molar refractivity (Wildman–Crippen MR) is 91.2 cm³/mol. The molecule has 5 nitrogen and oxygen atoms in total. The van der Waals surface area contributed by atoms with E-state index in [0.29, 0.717) is 12.5 Å². The highest BCUT2D eigenvalue weighted by Gasteiger charge is 2.16. The first-order valence-electron chi connectivity index (χ1n) is 7.31. The lowest BCUT2D eigenvalue weighted by Crippen LogP contribution is -2.27. The Morgan fingerprint density at radius 1 is 1.27 bits per heavy atom. The molecule has 2 rings (SSSR count). The number of nitrogens with zero attached hydrogens (tertiary/aromatic N) is 2. The average Bonchev–Trinajstić information content (AvgIpc) is 2.91. The Kier molecular flexibility index (Phi) is 5.22. The Morgan fingerprint density at radius 3 is 2.50 bits per heavy atom. The van der Waals surface area contributed by atoms with E-state index in [-0.39, 0.29) is 6.04 Å². The molecule has 0 bridgehead atoms. The summed E-state index contributed by atoms with van der Waals surface area (Å²) in [6, 6.07) is 10.1. The van der Waals surface area contributed by atoms with E-state index in [9.17, 15) is 0 Å². The highest BCUT2D eigenvalue weighted by molar-refractivity contribution is 5.92. The van der Waals surface area contributed by atoms with E-state index in [1.807, 2.05) is 38.4 Å². The van der Waals surface area contributed by atoms with Crippen molar-refractivity contribution in [1.29, 1.82) is 0 Å². The summed E-state index contributed by atoms with van der Waals surface area (Å²) >= 11 is 0. The normalized spacial score (nSPS) is 13.4. The standard InChI is InChI=1S/C17H24N4O/c1-12-8-13(2)10-14(9-12)20-17(18)19-11-15(21(3)4)16-6-5-7-22-16/h5-10,15H,11H2,1-4H3,(H3,18,19,20). The number of hydrogen-bond acceptors (Lipinski definition) is 3. The number of benzene rings is 1. The molecule has 0 spiro atoms. The molecule has 22 heavy (non-hydrogen) atoms. The molecule has 0 radical (unpaired) electrons. The van der Waals surface area contributed by atoms with Crippen LogP contribution >= 0.6 is 0 Å². The van der Waals surface area contributed by atoms with E-state index in [1.165, 1.54) is 11.1 Å². The van der Waals surface area contributed by atoms with Crippen LogP contribution < -0.4 is 11.1 Å². The van der Waals surface area contributed by atoms with Crippen molar-refractivity contribution in [1.82, 2.24) is 4.90 Å². The van der Waals surface area contributed by atoms with Crippen LogP contribution in [0.4, 0.5) is 5.69 Å². The van der Waals surface area contributed by atoms with Gasteiger partial charge in [0.15, 0.2) is 5.96 Å². The summed E-state index contributed by atoms with van der Waals surface area (Å²) in [6.45, 7) is 4.65. The number of guanidine groups is 1. The third kappa shape index (κ3) is 4.36. The van der Waals surface area contributed by atoms with Gasteiger partial charge in [0.25, 0.3) is 0 Å². The Balaban J connectivity index is 2.05. The van der Waals surface area contributed by atoms with Gasteiger partial charge in [-0.25, -0.2) is 0 Å². The van der Waals surface area contributed by atoms with E-state index in [2.05, 4.69) is 35.1 Å². The largest absolute Gasteiger partial charge is 0.468 e. The van der Waals surface area contributed by atoms with Gasteiger partial charge in [0.2, 0.25) is 0 Å². The summed E-state index contributed by atoms with van der Waals surface area (Å²) in [7, 11) is 3.99. The first kappa shape index (κ1) is 16.1. The van der Waals surface area contributed by atoms with E-state index in [4.69, 9.17) is 10.2 Å². The van der Waals surface area contributed by atoms with Gasteiger partial charge < -0.3 is 15.5 Å². The number of nitrogens with one attached hydrogen (secondary N) is 1. The van der Waals surface area contributed by atoms with Crippen molar-refractivity contribution in [2.75, 3.05) is 26.0 Å². The summed E-state index contributed by atoms with van der Waals surface area (Å²) in [5.41, 5.74) is 9.34. The lowest BCUT2D eigenvalue weighted by Gasteiger charge is -2.20. The number of furan rings is 1. The summed E-state index contributed by atoms with van der Waals surface area (Å²) in [4.78, 5) is 6.50. The maximum atomic E-state index is 6.00. The number of likely N-dealkylation sites (N-methyl/N-ethyl adjacent to an activating group) is 1. The SMILES string of the molecule is Cc1cc(C)cc(NC(N)=NCC(c2ccco2)N(C)C)c1. The fraction of sp³-hybridized carbons (Fsp3) is 0.353. The molecular weight excluding hydrogens is 276 g/mol. The molecule has 118 valence electrons. The van der Waals surface area contributed by atoms with Crippen molar-refractivity contribution < 1.29 is 4.42 Å². The summed E-state index contributed by atoms with van der Waals surface area (Å²) < 4.78 is 5.47. The first-order chi connectivity index (χ1) is 10.5. The smallest absolute Gasteiger partial charge is 0.193 e. The van der Waals surface area contributed by atoms with Gasteiger partial charge in [0.1, 0.15) is 5.76 Å². The number of hydrogen-bond donors (Lipinski definition) is 2. The summed E-state index contributed by atoms with van der Waals surface area (Å²) in [6.07, 6.45) is 1.67. The second-order valence-electron chi connectivity index (χ2n) is 5.72.